The van der Waals surface area contributed by atoms with Crippen molar-refractivity contribution in [2.75, 3.05) is 13.7 Å². The van der Waals surface area contributed by atoms with Crippen LogP contribution < -0.4 is 10.9 Å². The van der Waals surface area contributed by atoms with Crippen molar-refractivity contribution in [3.8, 4) is 11.5 Å². The van der Waals surface area contributed by atoms with Gasteiger partial charge in [-0.2, -0.15) is 5.10 Å². The number of carbonyl (C=O) groups is 1. The normalized spacial score (nSPS) is 20.4. The van der Waals surface area contributed by atoms with Gasteiger partial charge < -0.3 is 14.5 Å². The van der Waals surface area contributed by atoms with Crippen molar-refractivity contribution in [2.24, 2.45) is 5.92 Å². The van der Waals surface area contributed by atoms with E-state index in [2.05, 4.69) is 10.4 Å². The van der Waals surface area contributed by atoms with Crippen LogP contribution in [0.1, 0.15) is 25.7 Å². The van der Waals surface area contributed by atoms with Gasteiger partial charge in [0.2, 0.25) is 5.91 Å². The molecule has 25 heavy (non-hydrogen) atoms. The number of rotatable bonds is 6. The maximum atomic E-state index is 12.3. The van der Waals surface area contributed by atoms with E-state index in [9.17, 15) is 9.59 Å². The summed E-state index contributed by atoms with van der Waals surface area (Å²) < 4.78 is 12.0. The van der Waals surface area contributed by atoms with Gasteiger partial charge in [-0.25, -0.2) is 4.68 Å². The Kier molecular flexibility index (Phi) is 5.65. The zero-order valence-corrected chi connectivity index (χ0v) is 14.3. The van der Waals surface area contributed by atoms with E-state index in [1.54, 1.807) is 31.6 Å². The van der Waals surface area contributed by atoms with Crippen LogP contribution in [0.15, 0.2) is 39.7 Å². The first kappa shape index (κ1) is 17.4. The number of nitrogens with one attached hydrogen (secondary N) is 1. The molecule has 0 saturated heterocycles. The van der Waals surface area contributed by atoms with Crippen LogP contribution in [-0.2, 0) is 16.1 Å². The predicted molar refractivity (Wildman–Crippen MR) is 92.0 cm³/mol. The van der Waals surface area contributed by atoms with Crippen molar-refractivity contribution in [1.82, 2.24) is 15.1 Å². The Bertz CT molecular complexity index is 754. The number of nitrogens with zero attached hydrogens (tertiary/aromatic N) is 2. The van der Waals surface area contributed by atoms with Gasteiger partial charge in [-0.1, -0.05) is 6.42 Å². The molecule has 2 aromatic rings. The second-order valence-electron chi connectivity index (χ2n) is 6.27. The fraction of sp³-hybridized carbons (Fsp3) is 0.500. The minimum absolute atomic E-state index is 0.0159. The molecule has 2 aromatic heterocycles. The van der Waals surface area contributed by atoms with E-state index in [4.69, 9.17) is 9.15 Å². The van der Waals surface area contributed by atoms with Crippen LogP contribution in [0.25, 0.3) is 11.5 Å². The van der Waals surface area contributed by atoms with Gasteiger partial charge in [0.25, 0.3) is 5.56 Å². The molecule has 134 valence electrons. The Morgan fingerprint density at radius 3 is 3.04 bits per heavy atom. The number of amides is 1. The Hall–Kier alpha value is -2.41. The van der Waals surface area contributed by atoms with Gasteiger partial charge in [-0.05, 0) is 37.5 Å². The largest absolute Gasteiger partial charge is 0.463 e. The molecule has 1 saturated carbocycles. The number of hydrogen-bond donors (Lipinski definition) is 1. The van der Waals surface area contributed by atoms with E-state index in [0.29, 0.717) is 24.5 Å². The summed E-state index contributed by atoms with van der Waals surface area (Å²) in [6.07, 6.45) is 5.39. The van der Waals surface area contributed by atoms with Crippen LogP contribution in [0, 0.1) is 5.92 Å². The number of ether oxygens (including phenoxy) is 1. The van der Waals surface area contributed by atoms with Crippen LogP contribution in [-0.4, -0.2) is 35.4 Å². The standard InChI is InChI=1S/C18H23N3O4/c1-24-14-5-2-4-13(12-14)18(23)19-9-10-21-17(22)8-7-15(20-21)16-6-3-11-25-16/h3,6-8,11,13-14H,2,4-5,9-10,12H2,1H3,(H,19,23)/t13-,14+/m1/s1. The first-order valence-electron chi connectivity index (χ1n) is 8.60. The molecule has 0 radical (unpaired) electrons. The highest BCUT2D eigenvalue weighted by atomic mass is 16.5. The van der Waals surface area contributed by atoms with Crippen LogP contribution >= 0.6 is 0 Å². The Morgan fingerprint density at radius 2 is 2.28 bits per heavy atom. The summed E-state index contributed by atoms with van der Waals surface area (Å²) in [5, 5.41) is 7.20. The molecule has 0 unspecified atom stereocenters. The van der Waals surface area contributed by atoms with Crippen molar-refractivity contribution < 1.29 is 13.9 Å². The van der Waals surface area contributed by atoms with Crippen LogP contribution in [0.5, 0.6) is 0 Å². The van der Waals surface area contributed by atoms with E-state index < -0.39 is 0 Å². The first-order valence-corrected chi connectivity index (χ1v) is 8.60. The SMILES string of the molecule is CO[C@H]1CCC[C@@H](C(=O)NCCn2nc(-c3ccco3)ccc2=O)C1. The molecule has 0 bridgehead atoms. The first-order chi connectivity index (χ1) is 12.2. The molecule has 2 heterocycles. The lowest BCUT2D eigenvalue weighted by atomic mass is 9.86. The number of furan rings is 1. The fourth-order valence-corrected chi connectivity index (χ4v) is 3.19. The van der Waals surface area contributed by atoms with Crippen molar-refractivity contribution in [3.63, 3.8) is 0 Å². The molecular formula is C18H23N3O4. The van der Waals surface area contributed by atoms with Gasteiger partial charge in [0.1, 0.15) is 5.69 Å². The predicted octanol–water partition coefficient (Wildman–Crippen LogP) is 1.82. The molecule has 1 aliphatic carbocycles. The van der Waals surface area contributed by atoms with Gasteiger partial charge in [-0.15, -0.1) is 0 Å². The van der Waals surface area contributed by atoms with E-state index in [-0.39, 0.29) is 23.5 Å². The van der Waals surface area contributed by atoms with Crippen molar-refractivity contribution in [1.29, 1.82) is 0 Å². The molecule has 7 nitrogen and oxygen atoms in total. The maximum Gasteiger partial charge on any atom is 0.266 e. The summed E-state index contributed by atoms with van der Waals surface area (Å²) in [5.74, 6) is 0.612. The molecule has 0 aliphatic heterocycles. The fourth-order valence-electron chi connectivity index (χ4n) is 3.19. The van der Waals surface area contributed by atoms with Gasteiger partial charge in [-0.3, -0.25) is 9.59 Å². The van der Waals surface area contributed by atoms with Crippen LogP contribution in [0.3, 0.4) is 0 Å². The maximum absolute atomic E-state index is 12.3. The number of hydrogen-bond acceptors (Lipinski definition) is 5. The molecule has 1 amide bonds. The Balaban J connectivity index is 1.56. The summed E-state index contributed by atoms with van der Waals surface area (Å²) in [6.45, 7) is 0.682. The topological polar surface area (TPSA) is 86.4 Å². The van der Waals surface area contributed by atoms with Crippen molar-refractivity contribution in [3.05, 3.63) is 40.9 Å². The molecule has 7 heteroatoms. The summed E-state index contributed by atoms with van der Waals surface area (Å²) in [4.78, 5) is 24.2. The molecule has 1 aliphatic rings. The summed E-state index contributed by atoms with van der Waals surface area (Å²) in [7, 11) is 1.69. The lowest BCUT2D eigenvalue weighted by Gasteiger charge is -2.27. The van der Waals surface area contributed by atoms with Crippen LogP contribution in [0.4, 0.5) is 0 Å². The van der Waals surface area contributed by atoms with Gasteiger partial charge in [0, 0.05) is 25.6 Å². The van der Waals surface area contributed by atoms with E-state index >= 15 is 0 Å². The third kappa shape index (κ3) is 4.36. The second-order valence-corrected chi connectivity index (χ2v) is 6.27. The van der Waals surface area contributed by atoms with Crippen molar-refractivity contribution in [2.45, 2.75) is 38.3 Å². The van der Waals surface area contributed by atoms with Crippen molar-refractivity contribution >= 4 is 5.91 Å². The van der Waals surface area contributed by atoms with Gasteiger partial charge >= 0.3 is 0 Å². The zero-order chi connectivity index (χ0) is 17.6. The van der Waals surface area contributed by atoms with E-state index in [1.165, 1.54) is 10.7 Å². The third-order valence-electron chi connectivity index (χ3n) is 4.59. The molecule has 0 spiro atoms. The minimum atomic E-state index is -0.207. The molecule has 1 fully saturated rings. The Morgan fingerprint density at radius 1 is 1.40 bits per heavy atom. The number of aromatic nitrogens is 2. The Labute approximate surface area is 146 Å². The summed E-state index contributed by atoms with van der Waals surface area (Å²) in [6, 6.07) is 6.64. The lowest BCUT2D eigenvalue weighted by molar-refractivity contribution is -0.127. The summed E-state index contributed by atoms with van der Waals surface area (Å²) in [5.41, 5.74) is 0.382. The lowest BCUT2D eigenvalue weighted by Crippen LogP contribution is -2.38. The number of carbonyl (C=O) groups excluding carboxylic acids is 1. The molecule has 2 atom stereocenters. The minimum Gasteiger partial charge on any atom is -0.463 e. The molecular weight excluding hydrogens is 322 g/mol. The number of methoxy groups -OCH3 is 1. The highest BCUT2D eigenvalue weighted by molar-refractivity contribution is 5.78. The molecule has 0 aromatic carbocycles. The highest BCUT2D eigenvalue weighted by Gasteiger charge is 2.26. The van der Waals surface area contributed by atoms with Crippen LogP contribution in [0.2, 0.25) is 0 Å². The monoisotopic (exact) mass is 345 g/mol. The summed E-state index contributed by atoms with van der Waals surface area (Å²) >= 11 is 0. The quantitative estimate of drug-likeness (QED) is 0.863. The molecule has 1 N–H and O–H groups in total. The average molecular weight is 345 g/mol. The van der Waals surface area contributed by atoms with Gasteiger partial charge in [0.15, 0.2) is 5.76 Å². The van der Waals surface area contributed by atoms with E-state index in [0.717, 1.165) is 25.7 Å². The van der Waals surface area contributed by atoms with E-state index in [1.807, 2.05) is 0 Å². The highest BCUT2D eigenvalue weighted by Crippen LogP contribution is 2.26. The third-order valence-corrected chi connectivity index (χ3v) is 4.59. The molecule has 3 rings (SSSR count). The van der Waals surface area contributed by atoms with Gasteiger partial charge in [0.05, 0.1) is 18.9 Å². The zero-order valence-electron chi connectivity index (χ0n) is 14.3. The average Bonchev–Trinajstić information content (AvgIpc) is 3.18. The second kappa shape index (κ2) is 8.11. The smallest absolute Gasteiger partial charge is 0.266 e.